The minimum atomic E-state index is 0.0445. The van der Waals surface area contributed by atoms with Crippen LogP contribution in [0.2, 0.25) is 0 Å². The third-order valence-corrected chi connectivity index (χ3v) is 6.97. The van der Waals surface area contributed by atoms with E-state index < -0.39 is 0 Å². The number of hydrogen-bond acceptors (Lipinski definition) is 5. The highest BCUT2D eigenvalue weighted by Gasteiger charge is 2.38. The Labute approximate surface area is 200 Å². The summed E-state index contributed by atoms with van der Waals surface area (Å²) >= 11 is 1.46. The number of thioether (sulfide) groups is 1. The van der Waals surface area contributed by atoms with Gasteiger partial charge in [0.25, 0.3) is 5.91 Å². The van der Waals surface area contributed by atoms with Crippen LogP contribution in [-0.4, -0.2) is 35.7 Å². The van der Waals surface area contributed by atoms with Crippen LogP contribution < -0.4 is 9.47 Å². The monoisotopic (exact) mass is 464 g/mol. The second-order valence-electron chi connectivity index (χ2n) is 8.57. The molecule has 2 aromatic rings. The smallest absolute Gasteiger partial charge is 0.267 e. The molecule has 2 aromatic carbocycles. The van der Waals surface area contributed by atoms with Crippen LogP contribution in [0.15, 0.2) is 52.4 Å². The highest BCUT2D eigenvalue weighted by atomic mass is 32.2. The van der Waals surface area contributed by atoms with Crippen molar-refractivity contribution in [1.82, 2.24) is 4.90 Å². The number of amidine groups is 1. The number of nitrogens with zero attached hydrogens (tertiary/aromatic N) is 2. The normalized spacial score (nSPS) is 19.5. The van der Waals surface area contributed by atoms with E-state index in [4.69, 9.17) is 14.5 Å². The topological polar surface area (TPSA) is 51.1 Å². The summed E-state index contributed by atoms with van der Waals surface area (Å²) in [7, 11) is 1.64. The van der Waals surface area contributed by atoms with Crippen molar-refractivity contribution in [2.24, 2.45) is 4.99 Å². The number of hydrogen-bond donors (Lipinski definition) is 0. The van der Waals surface area contributed by atoms with E-state index in [0.29, 0.717) is 17.3 Å². The van der Waals surface area contributed by atoms with Crippen molar-refractivity contribution in [3.05, 3.63) is 58.5 Å². The van der Waals surface area contributed by atoms with Crippen LogP contribution in [0.1, 0.15) is 56.6 Å². The van der Waals surface area contributed by atoms with E-state index in [1.165, 1.54) is 23.7 Å². The molecule has 1 amide bonds. The Morgan fingerprint density at radius 2 is 1.85 bits per heavy atom. The SMILES string of the molecule is CCCOc1ccc(/C=C2/SC(=Nc3ccc(C)cc3)N(C3CCCCC3)C2=O)cc1OC. The maximum atomic E-state index is 13.5. The quantitative estimate of drug-likeness (QED) is 0.426. The first kappa shape index (κ1) is 23.4. The lowest BCUT2D eigenvalue weighted by molar-refractivity contribution is -0.124. The number of aliphatic imine (C=N–C) groups is 1. The number of carbonyl (C=O) groups excluding carboxylic acids is 1. The van der Waals surface area contributed by atoms with Crippen LogP contribution in [-0.2, 0) is 4.79 Å². The largest absolute Gasteiger partial charge is 0.493 e. The first-order chi connectivity index (χ1) is 16.1. The summed E-state index contributed by atoms with van der Waals surface area (Å²) in [4.78, 5) is 21.0. The first-order valence-corrected chi connectivity index (χ1v) is 12.6. The molecule has 0 atom stereocenters. The van der Waals surface area contributed by atoms with Crippen molar-refractivity contribution in [3.8, 4) is 11.5 Å². The molecule has 1 aliphatic carbocycles. The zero-order valence-corrected chi connectivity index (χ0v) is 20.5. The van der Waals surface area contributed by atoms with Crippen molar-refractivity contribution in [1.29, 1.82) is 0 Å². The third kappa shape index (κ3) is 5.61. The van der Waals surface area contributed by atoms with Gasteiger partial charge in [-0.15, -0.1) is 0 Å². The van der Waals surface area contributed by atoms with Crippen LogP contribution in [0.4, 0.5) is 5.69 Å². The van der Waals surface area contributed by atoms with Gasteiger partial charge in [0.1, 0.15) is 0 Å². The fraction of sp³-hybridized carbons (Fsp3) is 0.407. The Bertz CT molecular complexity index is 1040. The third-order valence-electron chi connectivity index (χ3n) is 5.98. The maximum absolute atomic E-state index is 13.5. The van der Waals surface area contributed by atoms with Gasteiger partial charge in [-0.1, -0.05) is 49.9 Å². The molecule has 6 heteroatoms. The van der Waals surface area contributed by atoms with Gasteiger partial charge in [0, 0.05) is 6.04 Å². The minimum Gasteiger partial charge on any atom is -0.493 e. The molecule has 0 spiro atoms. The number of ether oxygens (including phenoxy) is 2. The van der Waals surface area contributed by atoms with Crippen molar-refractivity contribution in [2.45, 2.75) is 58.4 Å². The molecule has 1 aliphatic heterocycles. The molecule has 174 valence electrons. The van der Waals surface area contributed by atoms with E-state index >= 15 is 0 Å². The molecule has 0 N–H and O–H groups in total. The number of methoxy groups -OCH3 is 1. The summed E-state index contributed by atoms with van der Waals surface area (Å²) in [5.74, 6) is 1.44. The lowest BCUT2D eigenvalue weighted by atomic mass is 9.94. The zero-order chi connectivity index (χ0) is 23.2. The summed E-state index contributed by atoms with van der Waals surface area (Å²) in [5.41, 5.74) is 2.97. The predicted octanol–water partition coefficient (Wildman–Crippen LogP) is 6.73. The number of aryl methyl sites for hydroxylation is 1. The molecule has 1 heterocycles. The number of rotatable bonds is 7. The summed E-state index contributed by atoms with van der Waals surface area (Å²) in [6.07, 6.45) is 8.49. The average Bonchev–Trinajstić information content (AvgIpc) is 3.14. The summed E-state index contributed by atoms with van der Waals surface area (Å²) in [6, 6.07) is 14.1. The number of amides is 1. The van der Waals surface area contributed by atoms with Crippen LogP contribution in [0.3, 0.4) is 0 Å². The Balaban J connectivity index is 1.65. The molecular weight excluding hydrogens is 432 g/mol. The maximum Gasteiger partial charge on any atom is 0.267 e. The fourth-order valence-electron chi connectivity index (χ4n) is 4.21. The average molecular weight is 465 g/mol. The lowest BCUT2D eigenvalue weighted by Gasteiger charge is -2.30. The van der Waals surface area contributed by atoms with E-state index in [0.717, 1.165) is 54.3 Å². The van der Waals surface area contributed by atoms with Gasteiger partial charge in [-0.3, -0.25) is 9.69 Å². The Hall–Kier alpha value is -2.73. The second kappa shape index (κ2) is 10.9. The Morgan fingerprint density at radius 1 is 1.09 bits per heavy atom. The highest BCUT2D eigenvalue weighted by Crippen LogP contribution is 2.39. The second-order valence-corrected chi connectivity index (χ2v) is 9.58. The molecule has 2 fully saturated rings. The molecule has 33 heavy (non-hydrogen) atoms. The van der Waals surface area contributed by atoms with Gasteiger partial charge in [0.15, 0.2) is 16.7 Å². The van der Waals surface area contributed by atoms with Crippen molar-refractivity contribution in [2.75, 3.05) is 13.7 Å². The van der Waals surface area contributed by atoms with E-state index in [-0.39, 0.29) is 11.9 Å². The molecule has 1 saturated carbocycles. The van der Waals surface area contributed by atoms with Gasteiger partial charge in [-0.25, -0.2) is 4.99 Å². The number of carbonyl (C=O) groups is 1. The van der Waals surface area contributed by atoms with Crippen molar-refractivity contribution in [3.63, 3.8) is 0 Å². The van der Waals surface area contributed by atoms with Gasteiger partial charge in [0.2, 0.25) is 0 Å². The van der Waals surface area contributed by atoms with Crippen LogP contribution in [0.5, 0.6) is 11.5 Å². The molecule has 0 aromatic heterocycles. The molecule has 1 saturated heterocycles. The molecular formula is C27H32N2O3S. The summed E-state index contributed by atoms with van der Waals surface area (Å²) in [6.45, 7) is 4.77. The number of benzene rings is 2. The van der Waals surface area contributed by atoms with Gasteiger partial charge >= 0.3 is 0 Å². The Kier molecular flexibility index (Phi) is 7.76. The van der Waals surface area contributed by atoms with Gasteiger partial charge < -0.3 is 9.47 Å². The molecule has 2 aliphatic rings. The fourth-order valence-corrected chi connectivity index (χ4v) is 5.27. The molecule has 0 bridgehead atoms. The van der Waals surface area contributed by atoms with Crippen molar-refractivity contribution < 1.29 is 14.3 Å². The molecule has 4 rings (SSSR count). The molecule has 0 unspecified atom stereocenters. The molecule has 5 nitrogen and oxygen atoms in total. The minimum absolute atomic E-state index is 0.0445. The summed E-state index contributed by atoms with van der Waals surface area (Å²) in [5, 5.41) is 0.775. The lowest BCUT2D eigenvalue weighted by Crippen LogP contribution is -2.40. The summed E-state index contributed by atoms with van der Waals surface area (Å²) < 4.78 is 11.3. The van der Waals surface area contributed by atoms with Crippen LogP contribution >= 0.6 is 11.8 Å². The van der Waals surface area contributed by atoms with E-state index in [1.807, 2.05) is 41.3 Å². The van der Waals surface area contributed by atoms with Crippen LogP contribution in [0, 0.1) is 6.92 Å². The Morgan fingerprint density at radius 3 is 2.55 bits per heavy atom. The van der Waals surface area contributed by atoms with E-state index in [1.54, 1.807) is 7.11 Å². The van der Waals surface area contributed by atoms with Crippen LogP contribution in [0.25, 0.3) is 6.08 Å². The van der Waals surface area contributed by atoms with Crippen molar-refractivity contribution >= 4 is 34.6 Å². The predicted molar refractivity (Wildman–Crippen MR) is 136 cm³/mol. The first-order valence-electron chi connectivity index (χ1n) is 11.8. The standard InChI is InChI=1S/C27H32N2O3S/c1-4-16-32-23-15-12-20(17-24(23)31-3)18-25-26(30)29(22-8-6-5-7-9-22)27(33-25)28-21-13-10-19(2)11-14-21/h10-15,17-18,22H,4-9,16H2,1-3H3/b25-18+,28-27?. The zero-order valence-electron chi connectivity index (χ0n) is 19.7. The van der Waals surface area contributed by atoms with Gasteiger partial charge in [-0.05, 0) is 73.9 Å². The highest BCUT2D eigenvalue weighted by molar-refractivity contribution is 8.18. The molecule has 0 radical (unpaired) electrons. The van der Waals surface area contributed by atoms with Gasteiger partial charge in [-0.2, -0.15) is 0 Å². The van der Waals surface area contributed by atoms with E-state index in [9.17, 15) is 4.79 Å². The van der Waals surface area contributed by atoms with E-state index in [2.05, 4.69) is 26.0 Å². The van der Waals surface area contributed by atoms with Gasteiger partial charge in [0.05, 0.1) is 24.3 Å².